The van der Waals surface area contributed by atoms with Gasteiger partial charge in [0.2, 0.25) is 0 Å². The van der Waals surface area contributed by atoms with Crippen LogP contribution in [0.25, 0.3) is 0 Å². The molecule has 0 saturated heterocycles. The highest BCUT2D eigenvalue weighted by molar-refractivity contribution is 14.1. The maximum Gasteiger partial charge on any atom is 0.0979 e. The highest BCUT2D eigenvalue weighted by Gasteiger charge is 1.99. The highest BCUT2D eigenvalue weighted by atomic mass is 127. The molecule has 0 aromatic heterocycles. The Morgan fingerprint density at radius 1 is 1.27 bits per heavy atom. The highest BCUT2D eigenvalue weighted by Crippen LogP contribution is 2.13. The van der Waals surface area contributed by atoms with Gasteiger partial charge < -0.3 is 5.11 Å². The minimum absolute atomic E-state index is 0.465. The fourth-order valence-electron chi connectivity index (χ4n) is 0.830. The number of aliphatic hydroxyl groups excluding tert-OH is 1. The zero-order valence-electron chi connectivity index (χ0n) is 5.94. The first-order valence-electron chi connectivity index (χ1n) is 3.34. The summed E-state index contributed by atoms with van der Waals surface area (Å²) in [7, 11) is 0. The molecule has 0 fully saturated rings. The molecule has 1 nitrogen and oxygen atoms in total. The number of aliphatic hydroxyl groups is 1. The van der Waals surface area contributed by atoms with E-state index in [4.69, 9.17) is 0 Å². The van der Waals surface area contributed by atoms with Crippen LogP contribution in [-0.4, -0.2) is 5.11 Å². The van der Waals surface area contributed by atoms with Crippen LogP contribution in [0.3, 0.4) is 0 Å². The van der Waals surface area contributed by atoms with Gasteiger partial charge in [0, 0.05) is 0 Å². The van der Waals surface area contributed by atoms with Crippen molar-refractivity contribution in [2.45, 2.75) is 6.10 Å². The minimum atomic E-state index is -0.465. The van der Waals surface area contributed by atoms with E-state index < -0.39 is 6.10 Å². The molecular formula is C9H9IO. The topological polar surface area (TPSA) is 20.2 Å². The standard InChI is InChI=1S/C9H9IO/c10-7-6-9(11)8-4-2-1-3-5-8/h1-7,9,11H/b7-6-/t9-/m1/s1. The Labute approximate surface area is 79.9 Å². The Morgan fingerprint density at radius 3 is 2.45 bits per heavy atom. The SMILES string of the molecule is O[C@H](/C=C\I)c1ccccc1. The molecule has 1 rings (SSSR count). The van der Waals surface area contributed by atoms with Gasteiger partial charge in [-0.2, -0.15) is 0 Å². The van der Waals surface area contributed by atoms with Crippen molar-refractivity contribution in [1.82, 2.24) is 0 Å². The molecule has 1 aromatic rings. The van der Waals surface area contributed by atoms with E-state index in [2.05, 4.69) is 22.6 Å². The Morgan fingerprint density at radius 2 is 1.91 bits per heavy atom. The summed E-state index contributed by atoms with van der Waals surface area (Å²) < 4.78 is 1.81. The molecule has 0 saturated carbocycles. The molecule has 11 heavy (non-hydrogen) atoms. The molecule has 0 aliphatic rings. The third-order valence-electron chi connectivity index (χ3n) is 1.40. The Hall–Kier alpha value is -0.350. The number of halogens is 1. The van der Waals surface area contributed by atoms with Crippen molar-refractivity contribution in [1.29, 1.82) is 0 Å². The molecule has 1 N–H and O–H groups in total. The number of benzene rings is 1. The second kappa shape index (κ2) is 4.51. The lowest BCUT2D eigenvalue weighted by molar-refractivity contribution is 0.229. The van der Waals surface area contributed by atoms with E-state index in [-0.39, 0.29) is 0 Å². The van der Waals surface area contributed by atoms with E-state index in [1.165, 1.54) is 0 Å². The maximum atomic E-state index is 9.43. The summed E-state index contributed by atoms with van der Waals surface area (Å²) in [5, 5.41) is 9.43. The average Bonchev–Trinajstić information content (AvgIpc) is 2.07. The van der Waals surface area contributed by atoms with Gasteiger partial charge in [-0.3, -0.25) is 0 Å². The van der Waals surface area contributed by atoms with Crippen LogP contribution in [0, 0.1) is 0 Å². The normalized spacial score (nSPS) is 13.6. The third-order valence-corrected chi connectivity index (χ3v) is 1.81. The quantitative estimate of drug-likeness (QED) is 0.810. The Kier molecular flexibility index (Phi) is 3.59. The van der Waals surface area contributed by atoms with Gasteiger partial charge in [-0.15, -0.1) is 0 Å². The molecule has 0 radical (unpaired) electrons. The van der Waals surface area contributed by atoms with Gasteiger partial charge in [-0.05, 0) is 15.7 Å². The predicted octanol–water partition coefficient (Wildman–Crippen LogP) is 2.67. The van der Waals surface area contributed by atoms with Crippen molar-refractivity contribution in [2.75, 3.05) is 0 Å². The molecular weight excluding hydrogens is 251 g/mol. The average molecular weight is 260 g/mol. The zero-order chi connectivity index (χ0) is 8.10. The van der Waals surface area contributed by atoms with Crippen LogP contribution < -0.4 is 0 Å². The molecule has 0 heterocycles. The van der Waals surface area contributed by atoms with Gasteiger partial charge in [-0.25, -0.2) is 0 Å². The lowest BCUT2D eigenvalue weighted by Crippen LogP contribution is -1.90. The summed E-state index contributed by atoms with van der Waals surface area (Å²) in [5.74, 6) is 0. The van der Waals surface area contributed by atoms with E-state index in [1.54, 1.807) is 6.08 Å². The number of hydrogen-bond acceptors (Lipinski definition) is 1. The van der Waals surface area contributed by atoms with E-state index >= 15 is 0 Å². The van der Waals surface area contributed by atoms with E-state index in [1.807, 2.05) is 34.4 Å². The van der Waals surface area contributed by atoms with Gasteiger partial charge in [0.1, 0.15) is 0 Å². The smallest absolute Gasteiger partial charge is 0.0979 e. The van der Waals surface area contributed by atoms with Crippen molar-refractivity contribution in [3.8, 4) is 0 Å². The van der Waals surface area contributed by atoms with Crippen LogP contribution >= 0.6 is 22.6 Å². The Bertz CT molecular complexity index is 231. The van der Waals surface area contributed by atoms with E-state index in [0.717, 1.165) is 5.56 Å². The van der Waals surface area contributed by atoms with E-state index in [0.29, 0.717) is 0 Å². The van der Waals surface area contributed by atoms with Crippen LogP contribution in [0.15, 0.2) is 40.5 Å². The second-order valence-electron chi connectivity index (χ2n) is 2.17. The zero-order valence-corrected chi connectivity index (χ0v) is 8.10. The lowest BCUT2D eigenvalue weighted by atomic mass is 10.1. The molecule has 1 aromatic carbocycles. The summed E-state index contributed by atoms with van der Waals surface area (Å²) in [6, 6.07) is 9.58. The van der Waals surface area contributed by atoms with Crippen molar-refractivity contribution in [3.05, 3.63) is 46.1 Å². The largest absolute Gasteiger partial charge is 0.384 e. The number of rotatable bonds is 2. The molecule has 0 amide bonds. The Balaban J connectivity index is 2.76. The fraction of sp³-hybridized carbons (Fsp3) is 0.111. The fourth-order valence-corrected chi connectivity index (χ4v) is 1.22. The van der Waals surface area contributed by atoms with E-state index in [9.17, 15) is 5.11 Å². The summed E-state index contributed by atoms with van der Waals surface area (Å²) >= 11 is 2.09. The van der Waals surface area contributed by atoms with Gasteiger partial charge in [0.15, 0.2) is 0 Å². The summed E-state index contributed by atoms with van der Waals surface area (Å²) in [6.07, 6.45) is 1.28. The third kappa shape index (κ3) is 2.63. The molecule has 2 heteroatoms. The molecule has 0 aliphatic heterocycles. The van der Waals surface area contributed by atoms with Crippen molar-refractivity contribution < 1.29 is 5.11 Å². The van der Waals surface area contributed by atoms with Crippen molar-refractivity contribution in [3.63, 3.8) is 0 Å². The maximum absolute atomic E-state index is 9.43. The first-order valence-corrected chi connectivity index (χ1v) is 4.59. The lowest BCUT2D eigenvalue weighted by Gasteiger charge is -2.03. The predicted molar refractivity (Wildman–Crippen MR) is 54.6 cm³/mol. The van der Waals surface area contributed by atoms with Crippen molar-refractivity contribution in [2.24, 2.45) is 0 Å². The van der Waals surface area contributed by atoms with Gasteiger partial charge in [0.25, 0.3) is 0 Å². The molecule has 0 bridgehead atoms. The molecule has 1 atom stereocenters. The summed E-state index contributed by atoms with van der Waals surface area (Å²) in [6.45, 7) is 0. The first kappa shape index (κ1) is 8.74. The van der Waals surface area contributed by atoms with Gasteiger partial charge in [-0.1, -0.05) is 52.9 Å². The number of hydrogen-bond donors (Lipinski definition) is 1. The molecule has 58 valence electrons. The summed E-state index contributed by atoms with van der Waals surface area (Å²) in [4.78, 5) is 0. The second-order valence-corrected chi connectivity index (χ2v) is 2.89. The van der Waals surface area contributed by atoms with Crippen LogP contribution in [0.4, 0.5) is 0 Å². The van der Waals surface area contributed by atoms with Crippen LogP contribution in [0.2, 0.25) is 0 Å². The molecule has 0 aliphatic carbocycles. The van der Waals surface area contributed by atoms with Crippen molar-refractivity contribution >= 4 is 22.6 Å². The van der Waals surface area contributed by atoms with Crippen LogP contribution in [0.1, 0.15) is 11.7 Å². The van der Waals surface area contributed by atoms with Gasteiger partial charge in [0.05, 0.1) is 6.10 Å². The van der Waals surface area contributed by atoms with Crippen LogP contribution in [-0.2, 0) is 0 Å². The summed E-state index contributed by atoms with van der Waals surface area (Å²) in [5.41, 5.74) is 0.931. The monoisotopic (exact) mass is 260 g/mol. The van der Waals surface area contributed by atoms with Crippen LogP contribution in [0.5, 0.6) is 0 Å². The minimum Gasteiger partial charge on any atom is -0.384 e. The van der Waals surface area contributed by atoms with Gasteiger partial charge >= 0.3 is 0 Å². The molecule has 0 spiro atoms. The molecule has 0 unspecified atom stereocenters. The first-order chi connectivity index (χ1) is 5.34.